The van der Waals surface area contributed by atoms with Crippen LogP contribution in [-0.4, -0.2) is 41.6 Å². The van der Waals surface area contributed by atoms with Crippen LogP contribution in [0.3, 0.4) is 0 Å². The van der Waals surface area contributed by atoms with Crippen LogP contribution in [-0.2, 0) is 6.54 Å². The molecule has 0 unspecified atom stereocenters. The first kappa shape index (κ1) is 18.4. The number of carbonyl (C=O) groups excluding carboxylic acids is 1. The van der Waals surface area contributed by atoms with Crippen molar-refractivity contribution >= 4 is 11.6 Å². The van der Waals surface area contributed by atoms with Crippen molar-refractivity contribution in [3.8, 4) is 0 Å². The molecule has 144 valence electrons. The van der Waals surface area contributed by atoms with E-state index in [2.05, 4.69) is 53.6 Å². The van der Waals surface area contributed by atoms with Gasteiger partial charge in [-0.2, -0.15) is 0 Å². The predicted molar refractivity (Wildman–Crippen MR) is 114 cm³/mol. The molecule has 28 heavy (non-hydrogen) atoms. The van der Waals surface area contributed by atoms with Crippen molar-refractivity contribution in [2.75, 3.05) is 31.1 Å². The van der Waals surface area contributed by atoms with Gasteiger partial charge in [0.1, 0.15) is 5.69 Å². The summed E-state index contributed by atoms with van der Waals surface area (Å²) >= 11 is 0. The average Bonchev–Trinajstić information content (AvgIpc) is 3.18. The second-order valence-corrected chi connectivity index (χ2v) is 7.51. The molecule has 1 aliphatic heterocycles. The molecule has 1 aromatic heterocycles. The van der Waals surface area contributed by atoms with Gasteiger partial charge in [0.2, 0.25) is 0 Å². The third-order valence-electron chi connectivity index (χ3n) is 5.73. The summed E-state index contributed by atoms with van der Waals surface area (Å²) in [6.07, 6.45) is 1.99. The molecule has 0 aliphatic carbocycles. The number of aryl methyl sites for hydroxylation is 1. The second kappa shape index (κ2) is 7.93. The Bertz CT molecular complexity index is 953. The maximum atomic E-state index is 13.1. The Morgan fingerprint density at radius 2 is 1.61 bits per heavy atom. The van der Waals surface area contributed by atoms with Crippen molar-refractivity contribution in [1.29, 1.82) is 0 Å². The molecular weight excluding hydrogens is 346 g/mol. The van der Waals surface area contributed by atoms with Crippen LogP contribution in [0.5, 0.6) is 0 Å². The molecule has 0 atom stereocenters. The van der Waals surface area contributed by atoms with Gasteiger partial charge in [-0.05, 0) is 48.7 Å². The molecule has 0 bridgehead atoms. The largest absolute Gasteiger partial charge is 0.368 e. The van der Waals surface area contributed by atoms with Crippen LogP contribution in [0, 0.1) is 13.8 Å². The Labute approximate surface area is 167 Å². The van der Waals surface area contributed by atoms with Crippen molar-refractivity contribution in [2.45, 2.75) is 20.4 Å². The second-order valence-electron chi connectivity index (χ2n) is 7.51. The molecule has 1 amide bonds. The van der Waals surface area contributed by atoms with Crippen LogP contribution in [0.1, 0.15) is 27.2 Å². The zero-order chi connectivity index (χ0) is 19.5. The van der Waals surface area contributed by atoms with Crippen molar-refractivity contribution in [1.82, 2.24) is 9.47 Å². The lowest BCUT2D eigenvalue weighted by molar-refractivity contribution is 0.0736. The molecule has 3 aromatic rings. The number of aromatic nitrogens is 1. The third kappa shape index (κ3) is 3.68. The predicted octanol–water partition coefficient (Wildman–Crippen LogP) is 4.12. The van der Waals surface area contributed by atoms with Crippen molar-refractivity contribution in [3.05, 3.63) is 89.2 Å². The summed E-state index contributed by atoms with van der Waals surface area (Å²) in [5.74, 6) is 0.126. The number of nitrogens with zero attached hydrogens (tertiary/aromatic N) is 3. The highest BCUT2D eigenvalue weighted by Crippen LogP contribution is 2.24. The van der Waals surface area contributed by atoms with Crippen LogP contribution in [0.2, 0.25) is 0 Å². The van der Waals surface area contributed by atoms with Crippen molar-refractivity contribution in [3.63, 3.8) is 0 Å². The Hall–Kier alpha value is -3.01. The number of anilines is 1. The van der Waals surface area contributed by atoms with E-state index in [1.54, 1.807) is 0 Å². The van der Waals surface area contributed by atoms with Crippen LogP contribution in [0.4, 0.5) is 5.69 Å². The quantitative estimate of drug-likeness (QED) is 0.688. The molecule has 0 spiro atoms. The smallest absolute Gasteiger partial charge is 0.270 e. The van der Waals surface area contributed by atoms with E-state index >= 15 is 0 Å². The summed E-state index contributed by atoms with van der Waals surface area (Å²) in [5, 5.41) is 0. The molecule has 2 aromatic carbocycles. The van der Waals surface area contributed by atoms with Gasteiger partial charge in [0.25, 0.3) is 5.91 Å². The van der Waals surface area contributed by atoms with Gasteiger partial charge >= 0.3 is 0 Å². The van der Waals surface area contributed by atoms with Gasteiger partial charge in [-0.1, -0.05) is 42.5 Å². The van der Waals surface area contributed by atoms with Gasteiger partial charge in [-0.3, -0.25) is 4.79 Å². The molecule has 4 nitrogen and oxygen atoms in total. The maximum Gasteiger partial charge on any atom is 0.270 e. The molecule has 1 fully saturated rings. The third-order valence-corrected chi connectivity index (χ3v) is 5.73. The van der Waals surface area contributed by atoms with Gasteiger partial charge in [0, 0.05) is 44.6 Å². The number of piperazine rings is 1. The molecule has 1 saturated heterocycles. The molecule has 4 rings (SSSR count). The summed E-state index contributed by atoms with van der Waals surface area (Å²) in [7, 11) is 0. The average molecular weight is 374 g/mol. The lowest BCUT2D eigenvalue weighted by Crippen LogP contribution is -2.49. The highest BCUT2D eigenvalue weighted by atomic mass is 16.2. The summed E-state index contributed by atoms with van der Waals surface area (Å²) in [5.41, 5.74) is 5.91. The van der Waals surface area contributed by atoms with E-state index in [9.17, 15) is 4.79 Å². The first-order valence-electron chi connectivity index (χ1n) is 9.93. The van der Waals surface area contributed by atoms with E-state index in [1.807, 2.05) is 41.4 Å². The lowest BCUT2D eigenvalue weighted by Gasteiger charge is -2.37. The van der Waals surface area contributed by atoms with E-state index in [-0.39, 0.29) is 5.91 Å². The maximum absolute atomic E-state index is 13.1. The van der Waals surface area contributed by atoms with E-state index in [0.717, 1.165) is 38.4 Å². The summed E-state index contributed by atoms with van der Waals surface area (Å²) < 4.78 is 2.05. The standard InChI is InChI=1S/C24H27N3O/c1-19-8-6-11-22(20(19)2)25-14-16-26(17-15-25)24(28)23-12-7-13-27(23)18-21-9-4-3-5-10-21/h3-13H,14-18H2,1-2H3. The van der Waals surface area contributed by atoms with Crippen LogP contribution in [0.15, 0.2) is 66.9 Å². The zero-order valence-electron chi connectivity index (χ0n) is 16.6. The number of benzene rings is 2. The van der Waals surface area contributed by atoms with E-state index in [1.165, 1.54) is 22.4 Å². The number of rotatable bonds is 4. The number of hydrogen-bond acceptors (Lipinski definition) is 2. The minimum Gasteiger partial charge on any atom is -0.368 e. The SMILES string of the molecule is Cc1cccc(N2CCN(C(=O)c3cccn3Cc3ccccc3)CC2)c1C. The normalized spacial score (nSPS) is 14.4. The first-order chi connectivity index (χ1) is 13.6. The fraction of sp³-hybridized carbons (Fsp3) is 0.292. The highest BCUT2D eigenvalue weighted by Gasteiger charge is 2.24. The number of hydrogen-bond donors (Lipinski definition) is 0. The molecule has 2 heterocycles. The van der Waals surface area contributed by atoms with E-state index in [0.29, 0.717) is 0 Å². The van der Waals surface area contributed by atoms with E-state index < -0.39 is 0 Å². The fourth-order valence-corrected chi connectivity index (χ4v) is 3.92. The van der Waals surface area contributed by atoms with Gasteiger partial charge < -0.3 is 14.4 Å². The summed E-state index contributed by atoms with van der Waals surface area (Å²) in [6.45, 7) is 8.30. The summed E-state index contributed by atoms with van der Waals surface area (Å²) in [4.78, 5) is 17.5. The topological polar surface area (TPSA) is 28.5 Å². The fourth-order valence-electron chi connectivity index (χ4n) is 3.92. The minimum absolute atomic E-state index is 0.126. The first-order valence-corrected chi connectivity index (χ1v) is 9.93. The van der Waals surface area contributed by atoms with Crippen LogP contribution < -0.4 is 4.90 Å². The Morgan fingerprint density at radius 1 is 0.857 bits per heavy atom. The monoisotopic (exact) mass is 373 g/mol. The molecule has 0 N–H and O–H groups in total. The zero-order valence-corrected chi connectivity index (χ0v) is 16.6. The molecular formula is C24H27N3O. The van der Waals surface area contributed by atoms with Crippen LogP contribution >= 0.6 is 0 Å². The number of carbonyl (C=O) groups is 1. The minimum atomic E-state index is 0.126. The van der Waals surface area contributed by atoms with Gasteiger partial charge in [0.15, 0.2) is 0 Å². The van der Waals surface area contributed by atoms with Crippen LogP contribution in [0.25, 0.3) is 0 Å². The Kier molecular flexibility index (Phi) is 5.20. The van der Waals surface area contributed by atoms with Gasteiger partial charge in [-0.15, -0.1) is 0 Å². The van der Waals surface area contributed by atoms with Crippen molar-refractivity contribution < 1.29 is 4.79 Å². The molecule has 4 heteroatoms. The van der Waals surface area contributed by atoms with Gasteiger partial charge in [0.05, 0.1) is 0 Å². The van der Waals surface area contributed by atoms with Crippen molar-refractivity contribution in [2.24, 2.45) is 0 Å². The van der Waals surface area contributed by atoms with E-state index in [4.69, 9.17) is 0 Å². The Morgan fingerprint density at radius 3 is 2.36 bits per heavy atom. The Balaban J connectivity index is 1.44. The molecule has 0 saturated carbocycles. The summed E-state index contributed by atoms with van der Waals surface area (Å²) in [6, 6.07) is 20.6. The lowest BCUT2D eigenvalue weighted by atomic mass is 10.1. The molecule has 0 radical (unpaired) electrons. The highest BCUT2D eigenvalue weighted by molar-refractivity contribution is 5.93. The van der Waals surface area contributed by atoms with Gasteiger partial charge in [-0.25, -0.2) is 0 Å². The molecule has 1 aliphatic rings. The number of amides is 1.